The molecule has 0 saturated carbocycles. The fraction of sp³-hybridized carbons (Fsp3) is 0.500. The highest BCUT2D eigenvalue weighted by Gasteiger charge is 2.23. The van der Waals surface area contributed by atoms with Crippen LogP contribution in [0.25, 0.3) is 0 Å². The van der Waals surface area contributed by atoms with Crippen molar-refractivity contribution in [3.8, 4) is 0 Å². The maximum atomic E-state index is 5.80. The summed E-state index contributed by atoms with van der Waals surface area (Å²) in [6.45, 7) is 3.42. The number of nitrogens with two attached hydrogens (primary N) is 1. The van der Waals surface area contributed by atoms with Gasteiger partial charge in [0, 0.05) is 13.1 Å². The summed E-state index contributed by atoms with van der Waals surface area (Å²) in [7, 11) is 0. The number of morpholine rings is 1. The van der Waals surface area contributed by atoms with Gasteiger partial charge in [-0.3, -0.25) is 4.90 Å². The molecule has 1 unspecified atom stereocenters. The number of thiophene rings is 1. The molecule has 0 radical (unpaired) electrons. The predicted octanol–water partition coefficient (Wildman–Crippen LogP) is 1.59. The van der Waals surface area contributed by atoms with E-state index >= 15 is 0 Å². The van der Waals surface area contributed by atoms with E-state index in [4.69, 9.17) is 15.0 Å². The van der Waals surface area contributed by atoms with Crippen LogP contribution in [0, 0.1) is 0 Å². The molecule has 1 saturated heterocycles. The Morgan fingerprint density at radius 2 is 2.40 bits per heavy atom. The zero-order chi connectivity index (χ0) is 13.1. The molecule has 2 N–H and O–H groups in total. The Bertz CT molecular complexity index is 519. The molecule has 2 aromatic rings. The lowest BCUT2D eigenvalue weighted by Gasteiger charge is -2.31. The summed E-state index contributed by atoms with van der Waals surface area (Å²) >= 11 is 1.69. The van der Waals surface area contributed by atoms with Crippen molar-refractivity contribution in [1.29, 1.82) is 0 Å². The van der Waals surface area contributed by atoms with E-state index in [0.717, 1.165) is 19.7 Å². The lowest BCUT2D eigenvalue weighted by molar-refractivity contribution is -0.0336. The first kappa shape index (κ1) is 15.4. The predicted molar refractivity (Wildman–Crippen MR) is 77.7 cm³/mol. The third-order valence-electron chi connectivity index (χ3n) is 3.12. The van der Waals surface area contributed by atoms with Gasteiger partial charge in [0.15, 0.2) is 5.82 Å². The fourth-order valence-corrected chi connectivity index (χ4v) is 2.85. The molecule has 6 nitrogen and oxygen atoms in total. The summed E-state index contributed by atoms with van der Waals surface area (Å²) < 4.78 is 10.8. The van der Waals surface area contributed by atoms with Crippen LogP contribution in [0.4, 0.5) is 0 Å². The molecular formula is C12H17ClN4O2S. The Labute approximate surface area is 127 Å². The smallest absolute Gasteiger partial charge is 0.240 e. The molecule has 3 rings (SSSR count). The van der Waals surface area contributed by atoms with Crippen LogP contribution < -0.4 is 5.73 Å². The van der Waals surface area contributed by atoms with Crippen LogP contribution >= 0.6 is 23.7 Å². The topological polar surface area (TPSA) is 77.4 Å². The van der Waals surface area contributed by atoms with Gasteiger partial charge in [-0.25, -0.2) is 0 Å². The highest BCUT2D eigenvalue weighted by Crippen LogP contribution is 2.24. The van der Waals surface area contributed by atoms with Gasteiger partial charge in [0.1, 0.15) is 0 Å². The molecule has 1 fully saturated rings. The van der Waals surface area contributed by atoms with Gasteiger partial charge < -0.3 is 15.0 Å². The SMILES string of the molecule is Cl.NCc1nc(CN2CCOC(c3ccsc3)C2)no1. The summed E-state index contributed by atoms with van der Waals surface area (Å²) in [5.41, 5.74) is 6.70. The zero-order valence-corrected chi connectivity index (χ0v) is 12.5. The number of halogens is 1. The Kier molecular flexibility index (Phi) is 5.50. The molecule has 8 heteroatoms. The second kappa shape index (κ2) is 7.14. The van der Waals surface area contributed by atoms with E-state index in [2.05, 4.69) is 31.9 Å². The maximum absolute atomic E-state index is 5.80. The molecule has 110 valence electrons. The molecule has 0 aromatic carbocycles. The van der Waals surface area contributed by atoms with Crippen molar-refractivity contribution in [2.24, 2.45) is 5.73 Å². The van der Waals surface area contributed by atoms with Crippen LogP contribution in [0.5, 0.6) is 0 Å². The molecule has 1 atom stereocenters. The maximum Gasteiger partial charge on any atom is 0.240 e. The first-order chi connectivity index (χ1) is 9.35. The largest absolute Gasteiger partial charge is 0.371 e. The summed E-state index contributed by atoms with van der Waals surface area (Å²) in [6.07, 6.45) is 0.140. The van der Waals surface area contributed by atoms with Gasteiger partial charge >= 0.3 is 0 Å². The molecule has 0 bridgehead atoms. The average molecular weight is 317 g/mol. The van der Waals surface area contributed by atoms with Gasteiger partial charge in [-0.1, -0.05) is 5.16 Å². The minimum absolute atomic E-state index is 0. The molecule has 1 aliphatic rings. The van der Waals surface area contributed by atoms with Crippen LogP contribution in [-0.4, -0.2) is 34.7 Å². The van der Waals surface area contributed by atoms with E-state index in [1.807, 2.05) is 0 Å². The highest BCUT2D eigenvalue weighted by molar-refractivity contribution is 7.07. The monoisotopic (exact) mass is 316 g/mol. The molecule has 2 aromatic heterocycles. The van der Waals surface area contributed by atoms with Crippen LogP contribution in [-0.2, 0) is 17.8 Å². The van der Waals surface area contributed by atoms with Gasteiger partial charge in [0.2, 0.25) is 5.89 Å². The van der Waals surface area contributed by atoms with E-state index in [9.17, 15) is 0 Å². The van der Waals surface area contributed by atoms with Crippen LogP contribution in [0.15, 0.2) is 21.3 Å². The highest BCUT2D eigenvalue weighted by atomic mass is 35.5. The minimum atomic E-state index is 0. The second-order valence-corrected chi connectivity index (χ2v) is 5.24. The number of aromatic nitrogens is 2. The van der Waals surface area contributed by atoms with Gasteiger partial charge in [0.25, 0.3) is 0 Å². The van der Waals surface area contributed by atoms with Gasteiger partial charge in [-0.05, 0) is 22.4 Å². The van der Waals surface area contributed by atoms with Gasteiger partial charge in [-0.15, -0.1) is 12.4 Å². The van der Waals surface area contributed by atoms with Crippen molar-refractivity contribution in [3.63, 3.8) is 0 Å². The standard InChI is InChI=1S/C12H16N4O2S.ClH/c13-5-12-14-11(15-18-12)7-16-2-3-17-10(6-16)9-1-4-19-8-9;/h1,4,8,10H,2-3,5-7,13H2;1H. The van der Waals surface area contributed by atoms with Gasteiger partial charge in [0.05, 0.1) is 25.8 Å². The number of hydrogen-bond donors (Lipinski definition) is 1. The molecular weight excluding hydrogens is 300 g/mol. The van der Waals surface area contributed by atoms with Crippen LogP contribution in [0.2, 0.25) is 0 Å². The van der Waals surface area contributed by atoms with Crippen molar-refractivity contribution in [3.05, 3.63) is 34.1 Å². The van der Waals surface area contributed by atoms with Crippen molar-refractivity contribution < 1.29 is 9.26 Å². The lowest BCUT2D eigenvalue weighted by atomic mass is 10.1. The number of hydrogen-bond acceptors (Lipinski definition) is 7. The first-order valence-electron chi connectivity index (χ1n) is 6.22. The minimum Gasteiger partial charge on any atom is -0.371 e. The third kappa shape index (κ3) is 3.56. The third-order valence-corrected chi connectivity index (χ3v) is 3.82. The molecule has 0 amide bonds. The van der Waals surface area contributed by atoms with Crippen molar-refractivity contribution in [2.75, 3.05) is 19.7 Å². The summed E-state index contributed by atoms with van der Waals surface area (Å²) in [5, 5.41) is 8.13. The quantitative estimate of drug-likeness (QED) is 0.923. The van der Waals surface area contributed by atoms with Crippen molar-refractivity contribution >= 4 is 23.7 Å². The Balaban J connectivity index is 0.00000147. The zero-order valence-electron chi connectivity index (χ0n) is 10.9. The molecule has 0 spiro atoms. The second-order valence-electron chi connectivity index (χ2n) is 4.46. The van der Waals surface area contributed by atoms with E-state index in [0.29, 0.717) is 18.3 Å². The Morgan fingerprint density at radius 1 is 1.50 bits per heavy atom. The molecule has 3 heterocycles. The number of ether oxygens (including phenoxy) is 1. The van der Waals surface area contributed by atoms with E-state index in [1.54, 1.807) is 11.3 Å². The number of rotatable bonds is 4. The van der Waals surface area contributed by atoms with Gasteiger partial charge in [-0.2, -0.15) is 16.3 Å². The Morgan fingerprint density at radius 3 is 3.10 bits per heavy atom. The van der Waals surface area contributed by atoms with Crippen molar-refractivity contribution in [1.82, 2.24) is 15.0 Å². The normalized spacial score (nSPS) is 19.8. The summed E-state index contributed by atoms with van der Waals surface area (Å²) in [4.78, 5) is 6.50. The molecule has 20 heavy (non-hydrogen) atoms. The van der Waals surface area contributed by atoms with Crippen molar-refractivity contribution in [2.45, 2.75) is 19.2 Å². The molecule has 0 aliphatic carbocycles. The average Bonchev–Trinajstić information content (AvgIpc) is 3.10. The van der Waals surface area contributed by atoms with E-state index < -0.39 is 0 Å². The van der Waals surface area contributed by atoms with Crippen LogP contribution in [0.3, 0.4) is 0 Å². The fourth-order valence-electron chi connectivity index (χ4n) is 2.14. The van der Waals surface area contributed by atoms with Crippen LogP contribution in [0.1, 0.15) is 23.4 Å². The first-order valence-corrected chi connectivity index (χ1v) is 7.17. The Hall–Kier alpha value is -0.990. The number of nitrogens with zero attached hydrogens (tertiary/aromatic N) is 3. The van der Waals surface area contributed by atoms with E-state index in [-0.39, 0.29) is 25.1 Å². The molecule has 1 aliphatic heterocycles. The van der Waals surface area contributed by atoms with E-state index in [1.165, 1.54) is 5.56 Å². The lowest BCUT2D eigenvalue weighted by Crippen LogP contribution is -2.37. The summed E-state index contributed by atoms with van der Waals surface area (Å²) in [5.74, 6) is 1.17. The summed E-state index contributed by atoms with van der Waals surface area (Å²) in [6, 6.07) is 2.11.